The van der Waals surface area contributed by atoms with Crippen LogP contribution in [0.2, 0.25) is 0 Å². The molecule has 1 aliphatic rings. The monoisotopic (exact) mass is 310 g/mol. The molecule has 116 valence electrons. The molecule has 1 amide bonds. The van der Waals surface area contributed by atoms with Gasteiger partial charge >= 0.3 is 0 Å². The average Bonchev–Trinajstić information content (AvgIpc) is 2.54. The molecule has 21 heavy (non-hydrogen) atoms. The van der Waals surface area contributed by atoms with E-state index < -0.39 is 10.0 Å². The first-order chi connectivity index (χ1) is 9.96. The summed E-state index contributed by atoms with van der Waals surface area (Å²) >= 11 is 0. The molecular weight excluding hydrogens is 288 g/mol. The van der Waals surface area contributed by atoms with Crippen molar-refractivity contribution in [2.45, 2.75) is 25.2 Å². The van der Waals surface area contributed by atoms with Crippen LogP contribution in [-0.4, -0.2) is 49.7 Å². The lowest BCUT2D eigenvalue weighted by atomic mass is 10.1. The van der Waals surface area contributed by atoms with Gasteiger partial charge in [-0.05, 0) is 18.6 Å². The molecule has 1 aromatic rings. The molecule has 0 saturated carbocycles. The molecule has 1 aromatic carbocycles. The van der Waals surface area contributed by atoms with Gasteiger partial charge in [-0.3, -0.25) is 4.79 Å². The van der Waals surface area contributed by atoms with Crippen molar-refractivity contribution < 1.29 is 13.2 Å². The Labute approximate surface area is 126 Å². The fourth-order valence-corrected chi connectivity index (χ4v) is 3.82. The van der Waals surface area contributed by atoms with Gasteiger partial charge in [-0.25, -0.2) is 8.42 Å². The molecule has 0 spiro atoms. The van der Waals surface area contributed by atoms with E-state index in [1.165, 1.54) is 4.31 Å². The average molecular weight is 310 g/mol. The van der Waals surface area contributed by atoms with E-state index in [1.54, 1.807) is 35.2 Å². The Kier molecular flexibility index (Phi) is 5.00. The van der Waals surface area contributed by atoms with Crippen LogP contribution in [0.1, 0.15) is 20.3 Å². The Bertz CT molecular complexity index is 578. The van der Waals surface area contributed by atoms with Crippen LogP contribution in [0, 0.1) is 5.92 Å². The van der Waals surface area contributed by atoms with Crippen LogP contribution >= 0.6 is 0 Å². The second-order valence-corrected chi connectivity index (χ2v) is 7.29. The predicted molar refractivity (Wildman–Crippen MR) is 81.2 cm³/mol. The number of hydrogen-bond acceptors (Lipinski definition) is 3. The summed E-state index contributed by atoms with van der Waals surface area (Å²) in [6, 6.07) is 8.44. The van der Waals surface area contributed by atoms with Gasteiger partial charge in [-0.1, -0.05) is 32.0 Å². The van der Waals surface area contributed by atoms with Crippen LogP contribution in [0.3, 0.4) is 0 Å². The van der Waals surface area contributed by atoms with E-state index in [0.717, 1.165) is 6.42 Å². The quantitative estimate of drug-likeness (QED) is 0.848. The van der Waals surface area contributed by atoms with Gasteiger partial charge in [0, 0.05) is 32.1 Å². The lowest BCUT2D eigenvalue weighted by Gasteiger charge is -2.35. The molecule has 1 fully saturated rings. The Hall–Kier alpha value is -1.40. The number of rotatable bonds is 4. The van der Waals surface area contributed by atoms with Crippen molar-refractivity contribution in [2.24, 2.45) is 5.92 Å². The largest absolute Gasteiger partial charge is 0.340 e. The van der Waals surface area contributed by atoms with Crippen LogP contribution < -0.4 is 0 Å². The third kappa shape index (κ3) is 3.44. The van der Waals surface area contributed by atoms with Crippen molar-refractivity contribution in [1.29, 1.82) is 0 Å². The molecule has 0 bridgehead atoms. The summed E-state index contributed by atoms with van der Waals surface area (Å²) in [6.45, 7) is 5.55. The minimum absolute atomic E-state index is 0.00211. The number of sulfonamides is 1. The van der Waals surface area contributed by atoms with E-state index in [9.17, 15) is 13.2 Å². The van der Waals surface area contributed by atoms with Crippen molar-refractivity contribution in [3.05, 3.63) is 30.3 Å². The Morgan fingerprint density at radius 1 is 1.14 bits per heavy atom. The summed E-state index contributed by atoms with van der Waals surface area (Å²) in [5, 5.41) is 0. The number of amides is 1. The molecule has 0 radical (unpaired) electrons. The fraction of sp³-hybridized carbons (Fsp3) is 0.533. The molecule has 1 aliphatic heterocycles. The number of hydrogen-bond donors (Lipinski definition) is 0. The van der Waals surface area contributed by atoms with Crippen LogP contribution in [0.15, 0.2) is 35.2 Å². The molecule has 0 N–H and O–H groups in total. The number of nitrogens with zero attached hydrogens (tertiary/aromatic N) is 2. The topological polar surface area (TPSA) is 57.7 Å². The van der Waals surface area contributed by atoms with E-state index in [2.05, 4.69) is 0 Å². The third-order valence-electron chi connectivity index (χ3n) is 3.97. The van der Waals surface area contributed by atoms with Crippen LogP contribution in [-0.2, 0) is 14.8 Å². The van der Waals surface area contributed by atoms with Gasteiger partial charge < -0.3 is 4.90 Å². The molecular formula is C15H22N2O3S. The Balaban J connectivity index is 2.03. The van der Waals surface area contributed by atoms with Gasteiger partial charge in [0.25, 0.3) is 0 Å². The van der Waals surface area contributed by atoms with E-state index >= 15 is 0 Å². The third-order valence-corrected chi connectivity index (χ3v) is 5.88. The Morgan fingerprint density at radius 2 is 1.71 bits per heavy atom. The molecule has 0 aliphatic carbocycles. The van der Waals surface area contributed by atoms with Crippen LogP contribution in [0.4, 0.5) is 0 Å². The zero-order chi connectivity index (χ0) is 15.5. The second-order valence-electron chi connectivity index (χ2n) is 5.35. The standard InChI is InChI=1S/C15H22N2O3S/c1-3-13(2)15(18)16-9-11-17(12-10-16)21(19,20)14-7-5-4-6-8-14/h4-8,13H,3,9-12H2,1-2H3. The molecule has 1 heterocycles. The number of carbonyl (C=O) groups is 1. The predicted octanol–water partition coefficient (Wildman–Crippen LogP) is 1.57. The SMILES string of the molecule is CCC(C)C(=O)N1CCN(S(=O)(=O)c2ccccc2)CC1. The van der Waals surface area contributed by atoms with Crippen LogP contribution in [0.5, 0.6) is 0 Å². The van der Waals surface area contributed by atoms with Gasteiger partial charge in [-0.2, -0.15) is 4.31 Å². The van der Waals surface area contributed by atoms with Crippen molar-refractivity contribution in [3.63, 3.8) is 0 Å². The van der Waals surface area contributed by atoms with Gasteiger partial charge in [-0.15, -0.1) is 0 Å². The maximum absolute atomic E-state index is 12.5. The second kappa shape index (κ2) is 6.58. The molecule has 5 nitrogen and oxygen atoms in total. The molecule has 1 atom stereocenters. The molecule has 6 heteroatoms. The van der Waals surface area contributed by atoms with E-state index in [0.29, 0.717) is 31.1 Å². The van der Waals surface area contributed by atoms with Gasteiger partial charge in [0.1, 0.15) is 0 Å². The van der Waals surface area contributed by atoms with Crippen molar-refractivity contribution in [2.75, 3.05) is 26.2 Å². The Morgan fingerprint density at radius 3 is 2.24 bits per heavy atom. The van der Waals surface area contributed by atoms with Gasteiger partial charge in [0.2, 0.25) is 15.9 Å². The molecule has 1 unspecified atom stereocenters. The first-order valence-electron chi connectivity index (χ1n) is 7.30. The van der Waals surface area contributed by atoms with E-state index in [1.807, 2.05) is 13.8 Å². The normalized spacial score (nSPS) is 18.5. The highest BCUT2D eigenvalue weighted by atomic mass is 32.2. The summed E-state index contributed by atoms with van der Waals surface area (Å²) in [4.78, 5) is 14.2. The lowest BCUT2D eigenvalue weighted by molar-refractivity contribution is -0.136. The lowest BCUT2D eigenvalue weighted by Crippen LogP contribution is -2.51. The minimum Gasteiger partial charge on any atom is -0.340 e. The van der Waals surface area contributed by atoms with Crippen molar-refractivity contribution in [3.8, 4) is 0 Å². The first-order valence-corrected chi connectivity index (χ1v) is 8.74. The molecule has 0 aromatic heterocycles. The first kappa shape index (κ1) is 16.0. The maximum atomic E-state index is 12.5. The van der Waals surface area contributed by atoms with Crippen LogP contribution in [0.25, 0.3) is 0 Å². The molecule has 1 saturated heterocycles. The highest BCUT2D eigenvalue weighted by Crippen LogP contribution is 2.18. The zero-order valence-electron chi connectivity index (χ0n) is 12.5. The summed E-state index contributed by atoms with van der Waals surface area (Å²) in [5.74, 6) is 0.122. The smallest absolute Gasteiger partial charge is 0.243 e. The summed E-state index contributed by atoms with van der Waals surface area (Å²) in [6.07, 6.45) is 0.807. The summed E-state index contributed by atoms with van der Waals surface area (Å²) in [5.41, 5.74) is 0. The minimum atomic E-state index is -3.44. The zero-order valence-corrected chi connectivity index (χ0v) is 13.3. The van der Waals surface area contributed by atoms with Crippen molar-refractivity contribution >= 4 is 15.9 Å². The highest BCUT2D eigenvalue weighted by molar-refractivity contribution is 7.89. The summed E-state index contributed by atoms with van der Waals surface area (Å²) < 4.78 is 26.4. The van der Waals surface area contributed by atoms with E-state index in [4.69, 9.17) is 0 Å². The summed E-state index contributed by atoms with van der Waals surface area (Å²) in [7, 11) is -3.44. The van der Waals surface area contributed by atoms with Crippen molar-refractivity contribution in [1.82, 2.24) is 9.21 Å². The number of carbonyl (C=O) groups excluding carboxylic acids is 1. The molecule has 2 rings (SSSR count). The fourth-order valence-electron chi connectivity index (χ4n) is 2.38. The maximum Gasteiger partial charge on any atom is 0.243 e. The number of piperazine rings is 1. The highest BCUT2D eigenvalue weighted by Gasteiger charge is 2.30. The van der Waals surface area contributed by atoms with Gasteiger partial charge in [0.05, 0.1) is 4.90 Å². The van der Waals surface area contributed by atoms with E-state index in [-0.39, 0.29) is 11.8 Å². The number of benzene rings is 1. The van der Waals surface area contributed by atoms with Gasteiger partial charge in [0.15, 0.2) is 0 Å².